The van der Waals surface area contributed by atoms with E-state index in [4.69, 9.17) is 18.0 Å². The van der Waals surface area contributed by atoms with Crippen LogP contribution in [0.25, 0.3) is 0 Å². The molecule has 1 aliphatic carbocycles. The average molecular weight is 341 g/mol. The van der Waals surface area contributed by atoms with Crippen LogP contribution in [0.15, 0.2) is 22.7 Å². The van der Waals surface area contributed by atoms with Gasteiger partial charge in [-0.15, -0.1) is 0 Å². The Morgan fingerprint density at radius 2 is 1.89 bits per heavy atom. The highest BCUT2D eigenvalue weighted by molar-refractivity contribution is 9.10. The summed E-state index contributed by atoms with van der Waals surface area (Å²) < 4.78 is 0.960. The second kappa shape index (κ2) is 6.23. The Morgan fingerprint density at radius 3 is 2.42 bits per heavy atom. The van der Waals surface area contributed by atoms with Crippen LogP contribution >= 0.6 is 28.1 Å². The monoisotopic (exact) mass is 340 g/mol. The lowest BCUT2D eigenvalue weighted by Gasteiger charge is -2.32. The average Bonchev–Trinajstić information content (AvgIpc) is 2.26. The first-order valence-electron chi connectivity index (χ1n) is 6.81. The van der Waals surface area contributed by atoms with Crippen molar-refractivity contribution in [2.24, 2.45) is 17.6 Å². The molecule has 2 unspecified atom stereocenters. The molecule has 1 aliphatic rings. The summed E-state index contributed by atoms with van der Waals surface area (Å²) >= 11 is 8.54. The first-order valence-corrected chi connectivity index (χ1v) is 8.01. The molecule has 2 atom stereocenters. The van der Waals surface area contributed by atoms with Crippen molar-refractivity contribution in [2.45, 2.75) is 39.2 Å². The largest absolute Gasteiger partial charge is 0.389 e. The Bertz CT molecular complexity index is 465. The van der Waals surface area contributed by atoms with Gasteiger partial charge in [-0.25, -0.2) is 0 Å². The summed E-state index contributed by atoms with van der Waals surface area (Å²) in [6.45, 7) is 4.69. The van der Waals surface area contributed by atoms with Crippen LogP contribution in [0.3, 0.4) is 0 Å². The zero-order valence-electron chi connectivity index (χ0n) is 11.4. The first-order chi connectivity index (χ1) is 8.95. The van der Waals surface area contributed by atoms with Crippen LogP contribution in [0, 0.1) is 11.8 Å². The van der Waals surface area contributed by atoms with Gasteiger partial charge < -0.3 is 11.1 Å². The van der Waals surface area contributed by atoms with E-state index in [0.29, 0.717) is 11.0 Å². The molecule has 2 nitrogen and oxygen atoms in total. The number of anilines is 1. The van der Waals surface area contributed by atoms with Crippen molar-refractivity contribution in [1.29, 1.82) is 0 Å². The summed E-state index contributed by atoms with van der Waals surface area (Å²) in [7, 11) is 0. The highest BCUT2D eigenvalue weighted by atomic mass is 79.9. The number of thiocarbonyl (C=S) groups is 1. The van der Waals surface area contributed by atoms with Crippen LogP contribution in [0.5, 0.6) is 0 Å². The molecule has 1 saturated carbocycles. The van der Waals surface area contributed by atoms with Crippen molar-refractivity contribution >= 4 is 38.8 Å². The van der Waals surface area contributed by atoms with Gasteiger partial charge in [-0.1, -0.05) is 26.1 Å². The molecule has 1 fully saturated rings. The number of hydrogen-bond donors (Lipinski definition) is 2. The highest BCUT2D eigenvalue weighted by Crippen LogP contribution is 2.31. The van der Waals surface area contributed by atoms with E-state index in [2.05, 4.69) is 47.2 Å². The van der Waals surface area contributed by atoms with Gasteiger partial charge in [0.15, 0.2) is 0 Å². The molecule has 1 aromatic rings. The Hall–Kier alpha value is -0.610. The zero-order chi connectivity index (χ0) is 14.0. The lowest BCUT2D eigenvalue weighted by molar-refractivity contribution is 0.281. The fourth-order valence-corrected chi connectivity index (χ4v) is 4.01. The summed E-state index contributed by atoms with van der Waals surface area (Å²) in [6, 6.07) is 6.67. The minimum absolute atomic E-state index is 0.429. The predicted molar refractivity (Wildman–Crippen MR) is 89.6 cm³/mol. The zero-order valence-corrected chi connectivity index (χ0v) is 13.9. The van der Waals surface area contributed by atoms with E-state index in [1.807, 2.05) is 6.07 Å². The van der Waals surface area contributed by atoms with Gasteiger partial charge >= 0.3 is 0 Å². The number of rotatable bonds is 3. The smallest absolute Gasteiger partial charge is 0.105 e. The second-order valence-electron chi connectivity index (χ2n) is 5.82. The standard InChI is InChI=1S/C15H21BrN2S/c1-9-5-10(2)7-12(6-9)18-11-3-4-13(15(17)19)14(16)8-11/h3-4,8-10,12,18H,5-7H2,1-2H3,(H2,17,19). The van der Waals surface area contributed by atoms with Gasteiger partial charge in [0.1, 0.15) is 4.99 Å². The number of halogens is 1. The Balaban J connectivity index is 2.07. The number of benzene rings is 1. The normalized spacial score (nSPS) is 27.0. The minimum Gasteiger partial charge on any atom is -0.389 e. The van der Waals surface area contributed by atoms with Crippen LogP contribution in [0.4, 0.5) is 5.69 Å². The third kappa shape index (κ3) is 3.93. The molecule has 0 saturated heterocycles. The van der Waals surface area contributed by atoms with E-state index in [1.165, 1.54) is 19.3 Å². The lowest BCUT2D eigenvalue weighted by atomic mass is 9.80. The van der Waals surface area contributed by atoms with Crippen molar-refractivity contribution < 1.29 is 0 Å². The van der Waals surface area contributed by atoms with E-state index in [9.17, 15) is 0 Å². The Morgan fingerprint density at radius 1 is 1.26 bits per heavy atom. The molecule has 104 valence electrons. The summed E-state index contributed by atoms with van der Waals surface area (Å²) in [5.74, 6) is 1.61. The van der Waals surface area contributed by atoms with Gasteiger partial charge in [-0.05, 0) is 65.2 Å². The number of hydrogen-bond acceptors (Lipinski definition) is 2. The van der Waals surface area contributed by atoms with Gasteiger partial charge in [-0.3, -0.25) is 0 Å². The number of nitrogens with one attached hydrogen (secondary N) is 1. The van der Waals surface area contributed by atoms with Crippen molar-refractivity contribution in [3.8, 4) is 0 Å². The second-order valence-corrected chi connectivity index (χ2v) is 7.11. The maximum Gasteiger partial charge on any atom is 0.105 e. The fraction of sp³-hybridized carbons (Fsp3) is 0.533. The molecule has 0 aliphatic heterocycles. The van der Waals surface area contributed by atoms with E-state index < -0.39 is 0 Å². The molecular weight excluding hydrogens is 320 g/mol. The number of nitrogens with two attached hydrogens (primary N) is 1. The third-order valence-electron chi connectivity index (χ3n) is 3.78. The van der Waals surface area contributed by atoms with Crippen molar-refractivity contribution in [3.63, 3.8) is 0 Å². The summed E-state index contributed by atoms with van der Waals surface area (Å²) in [5, 5.41) is 3.63. The Labute approximate surface area is 129 Å². The van der Waals surface area contributed by atoms with Crippen LogP contribution in [-0.4, -0.2) is 11.0 Å². The van der Waals surface area contributed by atoms with Crippen molar-refractivity contribution in [1.82, 2.24) is 0 Å². The van der Waals surface area contributed by atoms with Crippen LogP contribution < -0.4 is 11.1 Å². The SMILES string of the molecule is CC1CC(C)CC(Nc2ccc(C(N)=S)c(Br)c2)C1. The van der Waals surface area contributed by atoms with E-state index in [0.717, 1.165) is 27.6 Å². The van der Waals surface area contributed by atoms with Crippen LogP contribution in [0.2, 0.25) is 0 Å². The highest BCUT2D eigenvalue weighted by Gasteiger charge is 2.23. The molecule has 4 heteroatoms. The molecule has 0 spiro atoms. The molecule has 2 rings (SSSR count). The Kier molecular flexibility index (Phi) is 4.85. The van der Waals surface area contributed by atoms with Gasteiger partial charge in [-0.2, -0.15) is 0 Å². The van der Waals surface area contributed by atoms with Gasteiger partial charge in [0.2, 0.25) is 0 Å². The van der Waals surface area contributed by atoms with E-state index in [-0.39, 0.29) is 0 Å². The maximum absolute atomic E-state index is 5.67. The first kappa shape index (κ1) is 14.8. The summed E-state index contributed by atoms with van der Waals surface area (Å²) in [5.41, 5.74) is 7.70. The van der Waals surface area contributed by atoms with Crippen LogP contribution in [-0.2, 0) is 0 Å². The summed E-state index contributed by atoms with van der Waals surface area (Å²) in [4.78, 5) is 0.429. The molecule has 3 N–H and O–H groups in total. The third-order valence-corrected chi connectivity index (χ3v) is 4.66. The molecule has 0 heterocycles. The molecule has 0 aromatic heterocycles. The van der Waals surface area contributed by atoms with Crippen molar-refractivity contribution in [3.05, 3.63) is 28.2 Å². The molecule has 0 amide bonds. The summed E-state index contributed by atoms with van der Waals surface area (Å²) in [6.07, 6.45) is 3.85. The molecular formula is C15H21BrN2S. The molecule has 0 bridgehead atoms. The maximum atomic E-state index is 5.67. The fourth-order valence-electron chi connectivity index (χ4n) is 3.11. The quantitative estimate of drug-likeness (QED) is 0.804. The topological polar surface area (TPSA) is 38.0 Å². The van der Waals surface area contributed by atoms with Gasteiger partial charge in [0.25, 0.3) is 0 Å². The molecule has 1 aromatic carbocycles. The van der Waals surface area contributed by atoms with Gasteiger partial charge in [0.05, 0.1) is 0 Å². The van der Waals surface area contributed by atoms with E-state index >= 15 is 0 Å². The lowest BCUT2D eigenvalue weighted by Crippen LogP contribution is -2.30. The minimum atomic E-state index is 0.429. The van der Waals surface area contributed by atoms with Gasteiger partial charge in [0, 0.05) is 21.8 Å². The van der Waals surface area contributed by atoms with E-state index in [1.54, 1.807) is 0 Å². The molecule has 19 heavy (non-hydrogen) atoms. The van der Waals surface area contributed by atoms with Crippen LogP contribution in [0.1, 0.15) is 38.7 Å². The van der Waals surface area contributed by atoms with Crippen molar-refractivity contribution in [2.75, 3.05) is 5.32 Å². The predicted octanol–water partition coefficient (Wildman–Crippen LogP) is 4.32. The molecule has 0 radical (unpaired) electrons.